The van der Waals surface area contributed by atoms with Gasteiger partial charge in [-0.25, -0.2) is 8.42 Å². The molecule has 2 aromatic carbocycles. The molecule has 0 amide bonds. The molecule has 4 nitrogen and oxygen atoms in total. The summed E-state index contributed by atoms with van der Waals surface area (Å²) in [6.07, 6.45) is 1.73. The van der Waals surface area contributed by atoms with E-state index in [-0.39, 0.29) is 17.1 Å². The minimum Gasteiger partial charge on any atom is -0.294 e. The maximum Gasteiger partial charge on any atom is 0.243 e. The van der Waals surface area contributed by atoms with Crippen LogP contribution in [0.25, 0.3) is 0 Å². The van der Waals surface area contributed by atoms with E-state index in [2.05, 4.69) is 15.9 Å². The fourth-order valence-corrected chi connectivity index (χ4v) is 4.88. The van der Waals surface area contributed by atoms with Gasteiger partial charge in [0, 0.05) is 29.5 Å². The Kier molecular flexibility index (Phi) is 7.55. The van der Waals surface area contributed by atoms with Crippen molar-refractivity contribution >= 4 is 31.7 Å². The van der Waals surface area contributed by atoms with E-state index < -0.39 is 10.0 Å². The first-order valence-corrected chi connectivity index (χ1v) is 11.0. The number of sulfonamides is 1. The molecule has 140 valence electrons. The average molecular weight is 438 g/mol. The molecule has 2 rings (SSSR count). The maximum absolute atomic E-state index is 12.9. The first-order valence-electron chi connectivity index (χ1n) is 8.76. The zero-order valence-electron chi connectivity index (χ0n) is 15.1. The number of hydrogen-bond acceptors (Lipinski definition) is 3. The highest BCUT2D eigenvalue weighted by Crippen LogP contribution is 2.20. The van der Waals surface area contributed by atoms with E-state index in [4.69, 9.17) is 0 Å². The Morgan fingerprint density at radius 3 is 2.27 bits per heavy atom. The quantitative estimate of drug-likeness (QED) is 0.534. The molecule has 0 bridgehead atoms. The van der Waals surface area contributed by atoms with E-state index in [0.29, 0.717) is 18.7 Å². The largest absolute Gasteiger partial charge is 0.294 e. The summed E-state index contributed by atoms with van der Waals surface area (Å²) in [5.74, 6) is -0.0994. The molecule has 2 aromatic rings. The van der Waals surface area contributed by atoms with Gasteiger partial charge in [-0.1, -0.05) is 54.0 Å². The van der Waals surface area contributed by atoms with Crippen LogP contribution in [0.3, 0.4) is 0 Å². The SMILES string of the molecule is CCCN(CCC)S(=O)(=O)c1cccc(C(=O)Cc2cccc(Br)c2)c1. The zero-order chi connectivity index (χ0) is 19.2. The van der Waals surface area contributed by atoms with E-state index in [1.807, 2.05) is 38.1 Å². The van der Waals surface area contributed by atoms with Crippen LogP contribution in [0.2, 0.25) is 0 Å². The maximum atomic E-state index is 12.9. The van der Waals surface area contributed by atoms with Gasteiger partial charge in [-0.3, -0.25) is 4.79 Å². The highest BCUT2D eigenvalue weighted by Gasteiger charge is 2.23. The van der Waals surface area contributed by atoms with Crippen molar-refractivity contribution in [2.75, 3.05) is 13.1 Å². The minimum absolute atomic E-state index is 0.0994. The summed E-state index contributed by atoms with van der Waals surface area (Å²) in [6.45, 7) is 4.87. The Morgan fingerprint density at radius 1 is 1.00 bits per heavy atom. The predicted molar refractivity (Wildman–Crippen MR) is 108 cm³/mol. The van der Waals surface area contributed by atoms with Gasteiger partial charge in [0.25, 0.3) is 0 Å². The molecule has 0 aliphatic heterocycles. The molecular formula is C20H24BrNO3S. The van der Waals surface area contributed by atoms with Gasteiger partial charge in [-0.2, -0.15) is 4.31 Å². The lowest BCUT2D eigenvalue weighted by Crippen LogP contribution is -2.32. The Labute approximate surface area is 164 Å². The lowest BCUT2D eigenvalue weighted by Gasteiger charge is -2.21. The molecule has 0 aromatic heterocycles. The van der Waals surface area contributed by atoms with Crippen molar-refractivity contribution in [2.24, 2.45) is 0 Å². The molecule has 0 unspecified atom stereocenters. The molecule has 0 heterocycles. The first kappa shape index (κ1) is 20.8. The normalized spacial score (nSPS) is 11.7. The summed E-state index contributed by atoms with van der Waals surface area (Å²) in [5, 5.41) is 0. The number of nitrogens with zero attached hydrogens (tertiary/aromatic N) is 1. The molecule has 0 fully saturated rings. The van der Waals surface area contributed by atoms with Gasteiger partial charge in [0.1, 0.15) is 0 Å². The zero-order valence-corrected chi connectivity index (χ0v) is 17.5. The number of halogens is 1. The second kappa shape index (κ2) is 9.44. The Hall–Kier alpha value is -1.50. The van der Waals surface area contributed by atoms with E-state index >= 15 is 0 Å². The first-order chi connectivity index (χ1) is 12.4. The molecular weight excluding hydrogens is 414 g/mol. The van der Waals surface area contributed by atoms with Gasteiger partial charge in [-0.05, 0) is 42.7 Å². The third kappa shape index (κ3) is 5.25. The molecule has 26 heavy (non-hydrogen) atoms. The van der Waals surface area contributed by atoms with Crippen LogP contribution in [-0.4, -0.2) is 31.6 Å². The Bertz CT molecular complexity index is 859. The second-order valence-electron chi connectivity index (χ2n) is 6.16. The second-order valence-corrected chi connectivity index (χ2v) is 9.02. The Morgan fingerprint density at radius 2 is 1.65 bits per heavy atom. The van der Waals surface area contributed by atoms with E-state index in [1.54, 1.807) is 18.2 Å². The van der Waals surface area contributed by atoms with Crippen LogP contribution < -0.4 is 0 Å². The van der Waals surface area contributed by atoms with E-state index in [9.17, 15) is 13.2 Å². The van der Waals surface area contributed by atoms with Crippen molar-refractivity contribution in [3.8, 4) is 0 Å². The fraction of sp³-hybridized carbons (Fsp3) is 0.350. The highest BCUT2D eigenvalue weighted by molar-refractivity contribution is 9.10. The number of carbonyl (C=O) groups excluding carboxylic acids is 1. The van der Waals surface area contributed by atoms with E-state index in [1.165, 1.54) is 10.4 Å². The van der Waals surface area contributed by atoms with Crippen molar-refractivity contribution in [3.05, 3.63) is 64.1 Å². The average Bonchev–Trinajstić information content (AvgIpc) is 2.61. The third-order valence-corrected chi connectivity index (χ3v) is 6.38. The van der Waals surface area contributed by atoms with Gasteiger partial charge >= 0.3 is 0 Å². The number of hydrogen-bond donors (Lipinski definition) is 0. The third-order valence-electron chi connectivity index (χ3n) is 3.99. The van der Waals surface area contributed by atoms with Crippen LogP contribution in [0.15, 0.2) is 57.9 Å². The number of benzene rings is 2. The summed E-state index contributed by atoms with van der Waals surface area (Å²) in [6, 6.07) is 13.9. The smallest absolute Gasteiger partial charge is 0.243 e. The van der Waals surface area contributed by atoms with Crippen molar-refractivity contribution in [1.82, 2.24) is 4.31 Å². The minimum atomic E-state index is -3.59. The molecule has 0 aliphatic carbocycles. The highest BCUT2D eigenvalue weighted by atomic mass is 79.9. The van der Waals surface area contributed by atoms with Gasteiger partial charge in [0.05, 0.1) is 4.90 Å². The van der Waals surface area contributed by atoms with Crippen LogP contribution in [-0.2, 0) is 16.4 Å². The summed E-state index contributed by atoms with van der Waals surface area (Å²) < 4.78 is 28.2. The summed E-state index contributed by atoms with van der Waals surface area (Å²) in [5.41, 5.74) is 1.30. The molecule has 6 heteroatoms. The number of carbonyl (C=O) groups is 1. The molecule has 0 atom stereocenters. The summed E-state index contributed by atoms with van der Waals surface area (Å²) in [4.78, 5) is 12.8. The van der Waals surface area contributed by atoms with Crippen LogP contribution in [0, 0.1) is 0 Å². The van der Waals surface area contributed by atoms with Gasteiger partial charge in [0.15, 0.2) is 5.78 Å². The molecule has 0 aliphatic rings. The number of Topliss-reactive ketones (excluding diaryl/α,β-unsaturated/α-hetero) is 1. The summed E-state index contributed by atoms with van der Waals surface area (Å²) >= 11 is 3.40. The van der Waals surface area contributed by atoms with Crippen LogP contribution >= 0.6 is 15.9 Å². The van der Waals surface area contributed by atoms with Crippen LogP contribution in [0.4, 0.5) is 0 Å². The van der Waals surface area contributed by atoms with Crippen molar-refractivity contribution in [1.29, 1.82) is 0 Å². The monoisotopic (exact) mass is 437 g/mol. The standard InChI is InChI=1S/C20H24BrNO3S/c1-3-11-22(12-4-2)26(24,25)19-10-6-8-17(15-19)20(23)14-16-7-5-9-18(21)13-16/h5-10,13,15H,3-4,11-12,14H2,1-2H3. The number of ketones is 1. The summed E-state index contributed by atoms with van der Waals surface area (Å²) in [7, 11) is -3.59. The number of rotatable bonds is 9. The molecule has 0 saturated heterocycles. The lowest BCUT2D eigenvalue weighted by molar-refractivity contribution is 0.0992. The lowest BCUT2D eigenvalue weighted by atomic mass is 10.0. The predicted octanol–water partition coefficient (Wildman–Crippen LogP) is 4.69. The molecule has 0 radical (unpaired) electrons. The van der Waals surface area contributed by atoms with Crippen molar-refractivity contribution in [2.45, 2.75) is 38.0 Å². The molecule has 0 N–H and O–H groups in total. The topological polar surface area (TPSA) is 54.5 Å². The van der Waals surface area contributed by atoms with Gasteiger partial charge < -0.3 is 0 Å². The molecule has 0 spiro atoms. The Balaban J connectivity index is 2.27. The van der Waals surface area contributed by atoms with Crippen LogP contribution in [0.1, 0.15) is 42.6 Å². The van der Waals surface area contributed by atoms with Crippen LogP contribution in [0.5, 0.6) is 0 Å². The molecule has 0 saturated carbocycles. The van der Waals surface area contributed by atoms with Gasteiger partial charge in [-0.15, -0.1) is 0 Å². The van der Waals surface area contributed by atoms with E-state index in [0.717, 1.165) is 22.9 Å². The fourth-order valence-electron chi connectivity index (χ4n) is 2.76. The van der Waals surface area contributed by atoms with Gasteiger partial charge in [0.2, 0.25) is 10.0 Å². The van der Waals surface area contributed by atoms with Crippen molar-refractivity contribution in [3.63, 3.8) is 0 Å². The van der Waals surface area contributed by atoms with Crippen molar-refractivity contribution < 1.29 is 13.2 Å².